The van der Waals surface area contributed by atoms with Crippen molar-refractivity contribution in [1.29, 1.82) is 0 Å². The molecule has 0 N–H and O–H groups in total. The van der Waals surface area contributed by atoms with Gasteiger partial charge in [0.2, 0.25) is 5.91 Å². The lowest BCUT2D eigenvalue weighted by Crippen LogP contribution is -2.39. The van der Waals surface area contributed by atoms with Crippen LogP contribution in [0.3, 0.4) is 0 Å². The number of benzene rings is 2. The molecule has 27 heavy (non-hydrogen) atoms. The van der Waals surface area contributed by atoms with E-state index in [-0.39, 0.29) is 5.91 Å². The van der Waals surface area contributed by atoms with E-state index in [9.17, 15) is 4.79 Å². The van der Waals surface area contributed by atoms with Crippen LogP contribution in [-0.2, 0) is 17.9 Å². The molecule has 1 aliphatic carbocycles. The summed E-state index contributed by atoms with van der Waals surface area (Å²) >= 11 is 0. The summed E-state index contributed by atoms with van der Waals surface area (Å²) in [5.74, 6) is 1.71. The van der Waals surface area contributed by atoms with Gasteiger partial charge in [-0.05, 0) is 43.7 Å². The zero-order chi connectivity index (χ0) is 19.2. The first-order valence-electron chi connectivity index (χ1n) is 9.33. The van der Waals surface area contributed by atoms with Gasteiger partial charge in [0, 0.05) is 24.7 Å². The van der Waals surface area contributed by atoms with Crippen molar-refractivity contribution >= 4 is 5.91 Å². The number of methoxy groups -OCH3 is 2. The molecule has 0 heterocycles. The first-order valence-corrected chi connectivity index (χ1v) is 9.33. The summed E-state index contributed by atoms with van der Waals surface area (Å²) in [6, 6.07) is 16.3. The number of nitrogens with zero attached hydrogens (tertiary/aromatic N) is 2. The molecule has 2 aromatic rings. The van der Waals surface area contributed by atoms with Gasteiger partial charge in [-0.3, -0.25) is 9.69 Å². The molecule has 1 amide bonds. The highest BCUT2D eigenvalue weighted by Gasteiger charge is 2.33. The topological polar surface area (TPSA) is 42.0 Å². The van der Waals surface area contributed by atoms with Crippen LogP contribution in [0.15, 0.2) is 48.5 Å². The quantitative estimate of drug-likeness (QED) is 0.681. The van der Waals surface area contributed by atoms with Crippen molar-refractivity contribution in [3.63, 3.8) is 0 Å². The molecule has 0 aliphatic heterocycles. The Morgan fingerprint density at radius 2 is 1.78 bits per heavy atom. The molecule has 0 saturated heterocycles. The number of likely N-dealkylation sites (N-methyl/N-ethyl adjacent to an activating group) is 1. The molecular weight excluding hydrogens is 340 g/mol. The van der Waals surface area contributed by atoms with Gasteiger partial charge in [0.15, 0.2) is 0 Å². The van der Waals surface area contributed by atoms with Crippen molar-refractivity contribution < 1.29 is 14.3 Å². The first-order chi connectivity index (χ1) is 13.1. The lowest BCUT2D eigenvalue weighted by Gasteiger charge is -2.26. The summed E-state index contributed by atoms with van der Waals surface area (Å²) in [5, 5.41) is 0. The van der Waals surface area contributed by atoms with Crippen molar-refractivity contribution in [3.05, 3.63) is 59.7 Å². The van der Waals surface area contributed by atoms with E-state index in [1.54, 1.807) is 14.2 Å². The molecule has 0 unspecified atom stereocenters. The van der Waals surface area contributed by atoms with Crippen LogP contribution >= 0.6 is 0 Å². The van der Waals surface area contributed by atoms with Crippen molar-refractivity contribution in [2.24, 2.45) is 0 Å². The van der Waals surface area contributed by atoms with Crippen LogP contribution in [0.25, 0.3) is 0 Å². The Kier molecular flexibility index (Phi) is 6.35. The van der Waals surface area contributed by atoms with Crippen molar-refractivity contribution in [2.75, 3.05) is 27.8 Å². The number of amides is 1. The van der Waals surface area contributed by atoms with E-state index < -0.39 is 0 Å². The predicted molar refractivity (Wildman–Crippen MR) is 106 cm³/mol. The minimum Gasteiger partial charge on any atom is -0.497 e. The van der Waals surface area contributed by atoms with E-state index in [0.29, 0.717) is 19.1 Å². The summed E-state index contributed by atoms with van der Waals surface area (Å²) in [5.41, 5.74) is 2.18. The highest BCUT2D eigenvalue weighted by Crippen LogP contribution is 2.32. The predicted octanol–water partition coefficient (Wildman–Crippen LogP) is 3.33. The number of carbonyl (C=O) groups is 1. The van der Waals surface area contributed by atoms with Crippen LogP contribution in [0.5, 0.6) is 11.5 Å². The lowest BCUT2D eigenvalue weighted by molar-refractivity contribution is -0.133. The van der Waals surface area contributed by atoms with Crippen molar-refractivity contribution in [3.8, 4) is 11.5 Å². The summed E-state index contributed by atoms with van der Waals surface area (Å²) in [6.45, 7) is 1.70. The van der Waals surface area contributed by atoms with Crippen LogP contribution in [0.1, 0.15) is 24.0 Å². The summed E-state index contributed by atoms with van der Waals surface area (Å²) in [4.78, 5) is 17.0. The minimum atomic E-state index is 0.154. The third-order valence-corrected chi connectivity index (χ3v) is 4.84. The Labute approximate surface area is 161 Å². The maximum atomic E-state index is 13.0. The normalized spacial score (nSPS) is 13.5. The van der Waals surface area contributed by atoms with E-state index >= 15 is 0 Å². The second-order valence-corrected chi connectivity index (χ2v) is 7.09. The monoisotopic (exact) mass is 368 g/mol. The van der Waals surface area contributed by atoms with Crippen LogP contribution in [0.4, 0.5) is 0 Å². The third-order valence-electron chi connectivity index (χ3n) is 4.84. The molecule has 1 aliphatic rings. The van der Waals surface area contributed by atoms with Crippen LogP contribution in [0.2, 0.25) is 0 Å². The second kappa shape index (κ2) is 8.91. The van der Waals surface area contributed by atoms with E-state index in [4.69, 9.17) is 9.47 Å². The van der Waals surface area contributed by atoms with Gasteiger partial charge in [-0.25, -0.2) is 0 Å². The Morgan fingerprint density at radius 3 is 2.41 bits per heavy atom. The van der Waals surface area contributed by atoms with Crippen LogP contribution in [-0.4, -0.2) is 49.6 Å². The number of ether oxygens (including phenoxy) is 2. The maximum absolute atomic E-state index is 13.0. The summed E-state index contributed by atoms with van der Waals surface area (Å²) < 4.78 is 10.8. The molecule has 0 bridgehead atoms. The lowest BCUT2D eigenvalue weighted by atomic mass is 10.1. The summed E-state index contributed by atoms with van der Waals surface area (Å²) in [6.07, 6.45) is 2.14. The number of carbonyl (C=O) groups excluding carboxylic acids is 1. The number of rotatable bonds is 9. The average molecular weight is 368 g/mol. The van der Waals surface area contributed by atoms with Crippen LogP contribution in [0, 0.1) is 0 Å². The van der Waals surface area contributed by atoms with E-state index in [1.165, 1.54) is 5.56 Å². The van der Waals surface area contributed by atoms with Crippen molar-refractivity contribution in [2.45, 2.75) is 32.0 Å². The molecule has 0 radical (unpaired) electrons. The molecule has 5 nitrogen and oxygen atoms in total. The summed E-state index contributed by atoms with van der Waals surface area (Å²) in [7, 11) is 5.29. The third kappa shape index (κ3) is 5.23. The Hall–Kier alpha value is -2.53. The minimum absolute atomic E-state index is 0.154. The molecule has 0 atom stereocenters. The zero-order valence-electron chi connectivity index (χ0n) is 16.4. The average Bonchev–Trinajstić information content (AvgIpc) is 3.51. The van der Waals surface area contributed by atoms with Gasteiger partial charge >= 0.3 is 0 Å². The highest BCUT2D eigenvalue weighted by atomic mass is 16.5. The number of hydrogen-bond acceptors (Lipinski definition) is 4. The molecular formula is C22H28N2O3. The van der Waals surface area contributed by atoms with Gasteiger partial charge in [0.1, 0.15) is 11.5 Å². The molecule has 3 rings (SSSR count). The Balaban J connectivity index is 1.67. The molecule has 0 spiro atoms. The van der Waals surface area contributed by atoms with E-state index in [2.05, 4.69) is 17.0 Å². The van der Waals surface area contributed by atoms with E-state index in [0.717, 1.165) is 36.4 Å². The van der Waals surface area contributed by atoms with Crippen molar-refractivity contribution in [1.82, 2.24) is 9.80 Å². The molecule has 2 aromatic carbocycles. The van der Waals surface area contributed by atoms with Gasteiger partial charge in [-0.1, -0.05) is 30.3 Å². The fraction of sp³-hybridized carbons (Fsp3) is 0.409. The fourth-order valence-electron chi connectivity index (χ4n) is 3.27. The second-order valence-electron chi connectivity index (χ2n) is 7.09. The smallest absolute Gasteiger partial charge is 0.237 e. The molecule has 1 saturated carbocycles. The van der Waals surface area contributed by atoms with Crippen LogP contribution < -0.4 is 9.47 Å². The SMILES string of the molecule is COc1ccc(OC)c(CN(C(=O)CN(C)Cc2ccccc2)C2CC2)c1. The standard InChI is InChI=1S/C22H28N2O3/c1-23(14-17-7-5-4-6-8-17)16-22(25)24(19-9-10-19)15-18-13-20(26-2)11-12-21(18)27-3/h4-8,11-13,19H,9-10,14-16H2,1-3H3. The highest BCUT2D eigenvalue weighted by molar-refractivity contribution is 5.79. The van der Waals surface area contributed by atoms with Gasteiger partial charge in [0.25, 0.3) is 0 Å². The zero-order valence-corrected chi connectivity index (χ0v) is 16.4. The number of hydrogen-bond donors (Lipinski definition) is 0. The molecule has 5 heteroatoms. The maximum Gasteiger partial charge on any atom is 0.237 e. The largest absolute Gasteiger partial charge is 0.497 e. The van der Waals surface area contributed by atoms with Gasteiger partial charge in [-0.2, -0.15) is 0 Å². The fourth-order valence-corrected chi connectivity index (χ4v) is 3.27. The van der Waals surface area contributed by atoms with E-state index in [1.807, 2.05) is 48.3 Å². The molecule has 0 aromatic heterocycles. The molecule has 1 fully saturated rings. The van der Waals surface area contributed by atoms with Gasteiger partial charge in [0.05, 0.1) is 20.8 Å². The van der Waals surface area contributed by atoms with Gasteiger partial charge < -0.3 is 14.4 Å². The Morgan fingerprint density at radius 1 is 1.04 bits per heavy atom. The Bertz CT molecular complexity index is 759. The first kappa shape index (κ1) is 19.2. The van der Waals surface area contributed by atoms with Gasteiger partial charge in [-0.15, -0.1) is 0 Å². The molecule has 144 valence electrons.